The molecule has 3 heteroatoms. The molecule has 0 radical (unpaired) electrons. The number of amides is 1. The lowest BCUT2D eigenvalue weighted by Gasteiger charge is -2.26. The van der Waals surface area contributed by atoms with E-state index in [1.54, 1.807) is 4.90 Å². The molecule has 2 aliphatic heterocycles. The molecule has 3 rings (SSSR count). The monoisotopic (exact) mass is 243 g/mol. The maximum Gasteiger partial charge on any atom is 0.256 e. The van der Waals surface area contributed by atoms with Crippen LogP contribution in [0.15, 0.2) is 41.5 Å². The summed E-state index contributed by atoms with van der Waals surface area (Å²) in [6.07, 6.45) is 2.98. The summed E-state index contributed by atoms with van der Waals surface area (Å²) in [4.78, 5) is 14.2. The maximum atomic E-state index is 12.4. The van der Waals surface area contributed by atoms with Crippen LogP contribution in [0.3, 0.4) is 0 Å². The molecule has 3 nitrogen and oxygen atoms in total. The molecule has 0 aliphatic carbocycles. The van der Waals surface area contributed by atoms with Crippen LogP contribution in [-0.2, 0) is 9.53 Å². The maximum absolute atomic E-state index is 12.4. The molecule has 1 saturated heterocycles. The third kappa shape index (κ3) is 1.75. The lowest BCUT2D eigenvalue weighted by atomic mass is 10.1. The van der Waals surface area contributed by atoms with Gasteiger partial charge >= 0.3 is 0 Å². The van der Waals surface area contributed by atoms with E-state index in [0.717, 1.165) is 37.1 Å². The van der Waals surface area contributed by atoms with Gasteiger partial charge in [-0.25, -0.2) is 0 Å². The van der Waals surface area contributed by atoms with Crippen LogP contribution in [0.5, 0.6) is 0 Å². The second-order valence-corrected chi connectivity index (χ2v) is 4.84. The van der Waals surface area contributed by atoms with Crippen molar-refractivity contribution in [2.75, 3.05) is 11.5 Å². The Bertz CT molecular complexity index is 492. The number of carbonyl (C=O) groups is 1. The van der Waals surface area contributed by atoms with Crippen molar-refractivity contribution in [1.82, 2.24) is 0 Å². The fourth-order valence-electron chi connectivity index (χ4n) is 2.71. The molecule has 1 aromatic carbocycles. The molecule has 0 saturated carbocycles. The molecule has 94 valence electrons. The van der Waals surface area contributed by atoms with Gasteiger partial charge in [0, 0.05) is 17.9 Å². The normalized spacial score (nSPS) is 24.2. The van der Waals surface area contributed by atoms with Crippen molar-refractivity contribution in [3.05, 3.63) is 41.5 Å². The van der Waals surface area contributed by atoms with E-state index in [1.807, 2.05) is 37.3 Å². The zero-order valence-corrected chi connectivity index (χ0v) is 10.6. The molecule has 1 unspecified atom stereocenters. The standard InChI is InChI=1S/C15H17NO2/c1-11-13-9-5-6-10-18-15(13)16(14(11)17)12-7-3-2-4-8-12/h2-4,7-8,15H,5-6,9-10H2,1H3. The summed E-state index contributed by atoms with van der Waals surface area (Å²) in [6.45, 7) is 2.65. The molecule has 0 aromatic heterocycles. The number of para-hydroxylation sites is 1. The second kappa shape index (κ2) is 4.58. The van der Waals surface area contributed by atoms with E-state index in [2.05, 4.69) is 0 Å². The van der Waals surface area contributed by atoms with Crippen LogP contribution in [-0.4, -0.2) is 18.7 Å². The Kier molecular flexibility index (Phi) is 2.92. The van der Waals surface area contributed by atoms with Gasteiger partial charge in [-0.2, -0.15) is 0 Å². The summed E-state index contributed by atoms with van der Waals surface area (Å²) in [5.41, 5.74) is 2.95. The van der Waals surface area contributed by atoms with Gasteiger partial charge in [0.2, 0.25) is 0 Å². The van der Waals surface area contributed by atoms with Gasteiger partial charge in [-0.05, 0) is 43.9 Å². The minimum absolute atomic E-state index is 0.0862. The summed E-state index contributed by atoms with van der Waals surface area (Å²) >= 11 is 0. The van der Waals surface area contributed by atoms with Gasteiger partial charge in [0.15, 0.2) is 6.23 Å². The van der Waals surface area contributed by atoms with Crippen LogP contribution in [0.4, 0.5) is 5.69 Å². The van der Waals surface area contributed by atoms with Crippen LogP contribution in [0.1, 0.15) is 26.2 Å². The highest BCUT2D eigenvalue weighted by molar-refractivity contribution is 6.09. The fourth-order valence-corrected chi connectivity index (χ4v) is 2.71. The molecular weight excluding hydrogens is 226 g/mol. The van der Waals surface area contributed by atoms with E-state index in [1.165, 1.54) is 5.57 Å². The van der Waals surface area contributed by atoms with E-state index >= 15 is 0 Å². The Balaban J connectivity index is 2.00. The molecule has 1 aromatic rings. The van der Waals surface area contributed by atoms with Crippen LogP contribution >= 0.6 is 0 Å². The largest absolute Gasteiger partial charge is 0.354 e. The van der Waals surface area contributed by atoms with Crippen LogP contribution in [0, 0.1) is 0 Å². The first-order valence-corrected chi connectivity index (χ1v) is 6.49. The van der Waals surface area contributed by atoms with Crippen LogP contribution in [0.25, 0.3) is 0 Å². The van der Waals surface area contributed by atoms with Gasteiger partial charge < -0.3 is 4.74 Å². The second-order valence-electron chi connectivity index (χ2n) is 4.84. The molecule has 1 fully saturated rings. The van der Waals surface area contributed by atoms with Gasteiger partial charge in [-0.3, -0.25) is 9.69 Å². The predicted molar refractivity (Wildman–Crippen MR) is 70.2 cm³/mol. The fraction of sp³-hybridized carbons (Fsp3) is 0.400. The van der Waals surface area contributed by atoms with E-state index < -0.39 is 0 Å². The number of fused-ring (bicyclic) bond motifs is 1. The first kappa shape index (κ1) is 11.5. The molecule has 0 spiro atoms. The Labute approximate surface area is 107 Å². The van der Waals surface area contributed by atoms with Crippen LogP contribution < -0.4 is 4.90 Å². The lowest BCUT2D eigenvalue weighted by molar-refractivity contribution is -0.116. The smallest absolute Gasteiger partial charge is 0.256 e. The summed E-state index contributed by atoms with van der Waals surface area (Å²) < 4.78 is 5.88. The van der Waals surface area contributed by atoms with Gasteiger partial charge in [-0.15, -0.1) is 0 Å². The van der Waals surface area contributed by atoms with Crippen molar-refractivity contribution < 1.29 is 9.53 Å². The number of rotatable bonds is 1. The molecule has 1 amide bonds. The number of nitrogens with zero attached hydrogens (tertiary/aromatic N) is 1. The third-order valence-corrected chi connectivity index (χ3v) is 3.70. The van der Waals surface area contributed by atoms with E-state index in [4.69, 9.17) is 4.74 Å². The third-order valence-electron chi connectivity index (χ3n) is 3.70. The molecule has 0 N–H and O–H groups in total. The molecule has 18 heavy (non-hydrogen) atoms. The van der Waals surface area contributed by atoms with Gasteiger partial charge in [0.05, 0.1) is 0 Å². The Morgan fingerprint density at radius 2 is 2.00 bits per heavy atom. The average Bonchev–Trinajstić information content (AvgIpc) is 2.60. The van der Waals surface area contributed by atoms with Crippen molar-refractivity contribution in [3.63, 3.8) is 0 Å². The minimum Gasteiger partial charge on any atom is -0.354 e. The van der Waals surface area contributed by atoms with Crippen LogP contribution in [0.2, 0.25) is 0 Å². The predicted octanol–water partition coefficient (Wildman–Crippen LogP) is 2.88. The SMILES string of the molecule is CC1=C2CCCCOC2N(c2ccccc2)C1=O. The van der Waals surface area contributed by atoms with Crippen molar-refractivity contribution in [2.45, 2.75) is 32.4 Å². The number of anilines is 1. The van der Waals surface area contributed by atoms with Gasteiger partial charge in [0.1, 0.15) is 0 Å². The van der Waals surface area contributed by atoms with Gasteiger partial charge in [-0.1, -0.05) is 18.2 Å². The topological polar surface area (TPSA) is 29.5 Å². The van der Waals surface area contributed by atoms with Crippen molar-refractivity contribution in [1.29, 1.82) is 0 Å². The summed E-state index contributed by atoms with van der Waals surface area (Å²) in [5, 5.41) is 0. The Hall–Kier alpha value is -1.61. The first-order valence-electron chi connectivity index (χ1n) is 6.49. The Morgan fingerprint density at radius 3 is 2.78 bits per heavy atom. The minimum atomic E-state index is -0.178. The zero-order valence-electron chi connectivity index (χ0n) is 10.6. The Morgan fingerprint density at radius 1 is 1.22 bits per heavy atom. The molecule has 2 heterocycles. The van der Waals surface area contributed by atoms with Crippen molar-refractivity contribution in [3.8, 4) is 0 Å². The quantitative estimate of drug-likeness (QED) is 0.759. The number of ether oxygens (including phenoxy) is 1. The molecule has 2 aliphatic rings. The average molecular weight is 243 g/mol. The van der Waals surface area contributed by atoms with E-state index in [0.29, 0.717) is 0 Å². The summed E-state index contributed by atoms with van der Waals surface area (Å²) in [7, 11) is 0. The molecular formula is C15H17NO2. The number of carbonyl (C=O) groups excluding carboxylic acids is 1. The highest BCUT2D eigenvalue weighted by Gasteiger charge is 2.39. The number of hydrogen-bond donors (Lipinski definition) is 0. The summed E-state index contributed by atoms with van der Waals surface area (Å²) in [6, 6.07) is 9.78. The lowest BCUT2D eigenvalue weighted by Crippen LogP contribution is -2.37. The summed E-state index contributed by atoms with van der Waals surface area (Å²) in [5.74, 6) is 0.0862. The first-order chi connectivity index (χ1) is 8.79. The number of benzene rings is 1. The zero-order chi connectivity index (χ0) is 12.5. The van der Waals surface area contributed by atoms with E-state index in [-0.39, 0.29) is 12.1 Å². The van der Waals surface area contributed by atoms with Gasteiger partial charge in [0.25, 0.3) is 5.91 Å². The van der Waals surface area contributed by atoms with E-state index in [9.17, 15) is 4.79 Å². The highest BCUT2D eigenvalue weighted by atomic mass is 16.5. The molecule has 1 atom stereocenters. The van der Waals surface area contributed by atoms with Crippen molar-refractivity contribution in [2.24, 2.45) is 0 Å². The number of hydrogen-bond acceptors (Lipinski definition) is 2. The van der Waals surface area contributed by atoms with Crippen molar-refractivity contribution >= 4 is 11.6 Å². The highest BCUT2D eigenvalue weighted by Crippen LogP contribution is 2.35. The molecule has 0 bridgehead atoms.